The summed E-state index contributed by atoms with van der Waals surface area (Å²) in [4.78, 5) is 12.4. The highest BCUT2D eigenvalue weighted by Gasteiger charge is 2.12. The highest BCUT2D eigenvalue weighted by molar-refractivity contribution is 6.14. The number of carbonyl (C=O) groups is 1. The van der Waals surface area contributed by atoms with Crippen LogP contribution in [0.2, 0.25) is 0 Å². The third-order valence-corrected chi connectivity index (χ3v) is 3.21. The predicted molar refractivity (Wildman–Crippen MR) is 82.1 cm³/mol. The van der Waals surface area contributed by atoms with E-state index in [9.17, 15) is 10.1 Å². The van der Waals surface area contributed by atoms with Crippen LogP contribution in [-0.2, 0) is 0 Å². The Hall–Kier alpha value is -2.86. The SMILES string of the molecule is COc1ccc(C(=O)/C(C#N)=C\c2ccccc2C)cc1. The van der Waals surface area contributed by atoms with Crippen molar-refractivity contribution in [2.75, 3.05) is 7.11 Å². The summed E-state index contributed by atoms with van der Waals surface area (Å²) in [5, 5.41) is 9.25. The molecule has 0 saturated heterocycles. The van der Waals surface area contributed by atoms with Gasteiger partial charge >= 0.3 is 0 Å². The molecule has 2 aromatic rings. The molecule has 0 atom stereocenters. The second-order valence-corrected chi connectivity index (χ2v) is 4.58. The van der Waals surface area contributed by atoms with E-state index < -0.39 is 0 Å². The maximum absolute atomic E-state index is 12.4. The molecule has 0 aliphatic carbocycles. The first-order valence-corrected chi connectivity index (χ1v) is 6.52. The number of allylic oxidation sites excluding steroid dienone is 1. The molecule has 0 bridgehead atoms. The fourth-order valence-electron chi connectivity index (χ4n) is 1.95. The van der Waals surface area contributed by atoms with Crippen LogP contribution in [0.4, 0.5) is 0 Å². The monoisotopic (exact) mass is 277 g/mol. The molecule has 0 aliphatic heterocycles. The van der Waals surface area contributed by atoms with Crippen LogP contribution >= 0.6 is 0 Å². The van der Waals surface area contributed by atoms with Crippen molar-refractivity contribution in [1.29, 1.82) is 5.26 Å². The Morgan fingerprint density at radius 1 is 1.14 bits per heavy atom. The Balaban J connectivity index is 2.35. The van der Waals surface area contributed by atoms with Gasteiger partial charge in [-0.25, -0.2) is 0 Å². The molecule has 0 N–H and O–H groups in total. The molecule has 104 valence electrons. The Bertz CT molecular complexity index is 722. The fourth-order valence-corrected chi connectivity index (χ4v) is 1.95. The Labute approximate surface area is 124 Å². The number of carbonyl (C=O) groups excluding carboxylic acids is 1. The number of rotatable bonds is 4. The van der Waals surface area contributed by atoms with Crippen molar-refractivity contribution in [3.63, 3.8) is 0 Å². The number of Topliss-reactive ketones (excluding diaryl/α,β-unsaturated/α-hetero) is 1. The molecule has 3 heteroatoms. The van der Waals surface area contributed by atoms with Gasteiger partial charge in [-0.05, 0) is 48.4 Å². The Kier molecular flexibility index (Phi) is 4.53. The zero-order chi connectivity index (χ0) is 15.2. The van der Waals surface area contributed by atoms with Crippen molar-refractivity contribution in [2.45, 2.75) is 6.92 Å². The zero-order valence-corrected chi connectivity index (χ0v) is 12.0. The molecule has 0 radical (unpaired) electrons. The van der Waals surface area contributed by atoms with Crippen LogP contribution in [0, 0.1) is 18.3 Å². The minimum atomic E-state index is -0.289. The average Bonchev–Trinajstić information content (AvgIpc) is 2.53. The van der Waals surface area contributed by atoms with Gasteiger partial charge in [-0.3, -0.25) is 4.79 Å². The van der Waals surface area contributed by atoms with Gasteiger partial charge in [0.15, 0.2) is 0 Å². The number of hydrogen-bond acceptors (Lipinski definition) is 3. The van der Waals surface area contributed by atoms with Gasteiger partial charge in [0.2, 0.25) is 5.78 Å². The van der Waals surface area contributed by atoms with Crippen molar-refractivity contribution in [3.05, 3.63) is 70.8 Å². The fraction of sp³-hybridized carbons (Fsp3) is 0.111. The van der Waals surface area contributed by atoms with E-state index in [1.54, 1.807) is 37.5 Å². The van der Waals surface area contributed by atoms with Crippen molar-refractivity contribution in [2.24, 2.45) is 0 Å². The molecule has 0 fully saturated rings. The number of ether oxygens (including phenoxy) is 1. The molecule has 0 heterocycles. The lowest BCUT2D eigenvalue weighted by atomic mass is 10.00. The lowest BCUT2D eigenvalue weighted by Gasteiger charge is -2.03. The first-order chi connectivity index (χ1) is 10.2. The van der Waals surface area contributed by atoms with E-state index in [4.69, 9.17) is 4.74 Å². The van der Waals surface area contributed by atoms with E-state index >= 15 is 0 Å². The van der Waals surface area contributed by atoms with Gasteiger partial charge in [-0.15, -0.1) is 0 Å². The second kappa shape index (κ2) is 6.53. The Morgan fingerprint density at radius 3 is 2.38 bits per heavy atom. The number of methoxy groups -OCH3 is 1. The van der Waals surface area contributed by atoms with E-state index in [0.717, 1.165) is 11.1 Å². The molecular formula is C18H15NO2. The molecule has 0 aliphatic rings. The predicted octanol–water partition coefficient (Wildman–Crippen LogP) is 3.79. The summed E-state index contributed by atoms with van der Waals surface area (Å²) in [6.07, 6.45) is 1.63. The number of hydrogen-bond donors (Lipinski definition) is 0. The highest BCUT2D eigenvalue weighted by Crippen LogP contribution is 2.17. The first-order valence-electron chi connectivity index (χ1n) is 6.52. The van der Waals surface area contributed by atoms with E-state index in [1.165, 1.54) is 0 Å². The lowest BCUT2D eigenvalue weighted by Crippen LogP contribution is -2.02. The Morgan fingerprint density at radius 2 is 1.81 bits per heavy atom. The molecule has 2 rings (SSSR count). The van der Waals surface area contributed by atoms with Crippen LogP contribution in [0.15, 0.2) is 54.1 Å². The van der Waals surface area contributed by atoms with Crippen molar-refractivity contribution in [3.8, 4) is 11.8 Å². The minimum Gasteiger partial charge on any atom is -0.497 e. The maximum Gasteiger partial charge on any atom is 0.203 e. The van der Waals surface area contributed by atoms with Crippen LogP contribution in [0.3, 0.4) is 0 Å². The summed E-state index contributed by atoms with van der Waals surface area (Å²) in [5.41, 5.74) is 2.48. The highest BCUT2D eigenvalue weighted by atomic mass is 16.5. The van der Waals surface area contributed by atoms with Gasteiger partial charge in [0.05, 0.1) is 7.11 Å². The van der Waals surface area contributed by atoms with Crippen molar-refractivity contribution in [1.82, 2.24) is 0 Å². The number of nitriles is 1. The van der Waals surface area contributed by atoms with Gasteiger partial charge < -0.3 is 4.74 Å². The van der Waals surface area contributed by atoms with Gasteiger partial charge in [-0.2, -0.15) is 5.26 Å². The van der Waals surface area contributed by atoms with Crippen LogP contribution in [-0.4, -0.2) is 12.9 Å². The average molecular weight is 277 g/mol. The summed E-state index contributed by atoms with van der Waals surface area (Å²) in [6, 6.07) is 16.3. The van der Waals surface area contributed by atoms with E-state index in [1.807, 2.05) is 37.3 Å². The minimum absolute atomic E-state index is 0.120. The molecule has 2 aromatic carbocycles. The molecule has 3 nitrogen and oxygen atoms in total. The lowest BCUT2D eigenvalue weighted by molar-refractivity contribution is 0.104. The van der Waals surface area contributed by atoms with Crippen LogP contribution < -0.4 is 4.74 Å². The summed E-state index contributed by atoms with van der Waals surface area (Å²) >= 11 is 0. The van der Waals surface area contributed by atoms with Crippen molar-refractivity contribution < 1.29 is 9.53 Å². The normalized spacial score (nSPS) is 10.8. The number of benzene rings is 2. The zero-order valence-electron chi connectivity index (χ0n) is 12.0. The summed E-state index contributed by atoms with van der Waals surface area (Å²) in [6.45, 7) is 1.94. The van der Waals surface area contributed by atoms with E-state index in [0.29, 0.717) is 11.3 Å². The molecule has 0 unspecified atom stereocenters. The van der Waals surface area contributed by atoms with Gasteiger partial charge in [0.1, 0.15) is 17.4 Å². The standard InChI is InChI=1S/C18H15NO2/c1-13-5-3-4-6-15(13)11-16(12-19)18(20)14-7-9-17(21-2)10-8-14/h3-11H,1-2H3/b16-11-. The van der Waals surface area contributed by atoms with Crippen LogP contribution in [0.25, 0.3) is 6.08 Å². The largest absolute Gasteiger partial charge is 0.497 e. The van der Waals surface area contributed by atoms with Gasteiger partial charge in [0.25, 0.3) is 0 Å². The number of nitrogens with zero attached hydrogens (tertiary/aromatic N) is 1. The second-order valence-electron chi connectivity index (χ2n) is 4.58. The molecule has 0 amide bonds. The van der Waals surface area contributed by atoms with E-state index in [2.05, 4.69) is 0 Å². The first kappa shape index (κ1) is 14.5. The third-order valence-electron chi connectivity index (χ3n) is 3.21. The van der Waals surface area contributed by atoms with Gasteiger partial charge in [0, 0.05) is 5.56 Å². The third kappa shape index (κ3) is 3.37. The topological polar surface area (TPSA) is 50.1 Å². The smallest absolute Gasteiger partial charge is 0.203 e. The summed E-state index contributed by atoms with van der Waals surface area (Å²) < 4.78 is 5.06. The summed E-state index contributed by atoms with van der Waals surface area (Å²) in [7, 11) is 1.57. The number of ketones is 1. The summed E-state index contributed by atoms with van der Waals surface area (Å²) in [5.74, 6) is 0.386. The van der Waals surface area contributed by atoms with Gasteiger partial charge in [-0.1, -0.05) is 24.3 Å². The molecule has 21 heavy (non-hydrogen) atoms. The molecular weight excluding hydrogens is 262 g/mol. The van der Waals surface area contributed by atoms with E-state index in [-0.39, 0.29) is 11.4 Å². The molecule has 0 aromatic heterocycles. The quantitative estimate of drug-likeness (QED) is 0.485. The number of aryl methyl sites for hydroxylation is 1. The molecule has 0 saturated carbocycles. The molecule has 0 spiro atoms. The van der Waals surface area contributed by atoms with Crippen LogP contribution in [0.5, 0.6) is 5.75 Å². The van der Waals surface area contributed by atoms with Crippen molar-refractivity contribution >= 4 is 11.9 Å². The maximum atomic E-state index is 12.4. The van der Waals surface area contributed by atoms with Crippen LogP contribution in [0.1, 0.15) is 21.5 Å².